The fourth-order valence-electron chi connectivity index (χ4n) is 7.41. The minimum Gasteiger partial charge on any atom is -0.455 e. The van der Waals surface area contributed by atoms with E-state index in [0.29, 0.717) is 5.84 Å². The highest BCUT2D eigenvalue weighted by atomic mass is 16.3. The van der Waals surface area contributed by atoms with Crippen molar-refractivity contribution in [3.63, 3.8) is 0 Å². The van der Waals surface area contributed by atoms with Crippen molar-refractivity contribution in [2.75, 3.05) is 0 Å². The molecule has 0 fully saturated rings. The molecule has 4 heteroatoms. The summed E-state index contributed by atoms with van der Waals surface area (Å²) < 4.78 is 6.67. The maximum Gasteiger partial charge on any atom is 0.159 e. The van der Waals surface area contributed by atoms with Crippen LogP contribution < -0.4 is 5.32 Å². The van der Waals surface area contributed by atoms with Crippen molar-refractivity contribution in [2.45, 2.75) is 6.17 Å². The number of nitrogens with zero attached hydrogens (tertiary/aromatic N) is 2. The van der Waals surface area contributed by atoms with Gasteiger partial charge in [-0.25, -0.2) is 9.98 Å². The highest BCUT2D eigenvalue weighted by Crippen LogP contribution is 2.43. The van der Waals surface area contributed by atoms with Crippen LogP contribution in [-0.2, 0) is 0 Å². The first-order valence-electron chi connectivity index (χ1n) is 17.3. The molecular formula is C47H31N3O. The van der Waals surface area contributed by atoms with Gasteiger partial charge in [-0.1, -0.05) is 158 Å². The van der Waals surface area contributed by atoms with E-state index in [1.807, 2.05) is 36.4 Å². The number of amidine groups is 2. The predicted molar refractivity (Wildman–Crippen MR) is 211 cm³/mol. The summed E-state index contributed by atoms with van der Waals surface area (Å²) >= 11 is 0. The number of fused-ring (bicyclic) bond motifs is 6. The van der Waals surface area contributed by atoms with Crippen molar-refractivity contribution in [3.05, 3.63) is 193 Å². The summed E-state index contributed by atoms with van der Waals surface area (Å²) in [5, 5.41) is 10.6. The Bertz CT molecular complexity index is 2820. The van der Waals surface area contributed by atoms with E-state index in [1.165, 1.54) is 27.3 Å². The van der Waals surface area contributed by atoms with Gasteiger partial charge in [0.25, 0.3) is 0 Å². The highest BCUT2D eigenvalue weighted by molar-refractivity contribution is 6.22. The van der Waals surface area contributed by atoms with E-state index in [9.17, 15) is 0 Å². The van der Waals surface area contributed by atoms with E-state index in [2.05, 4.69) is 145 Å². The third-order valence-electron chi connectivity index (χ3n) is 9.92. The number of benzene rings is 8. The Hall–Kier alpha value is -6.78. The lowest BCUT2D eigenvalue weighted by Gasteiger charge is -2.24. The van der Waals surface area contributed by atoms with Gasteiger partial charge < -0.3 is 9.73 Å². The molecule has 0 saturated heterocycles. The molecule has 1 aromatic heterocycles. The SMILES string of the molecule is c1ccc(C2=NC(c3ccc(-c4cccc5oc6c7ccccc7c(-c7ccc8ccccc8c7)cc6c45)cc3)NC(c3ccccc3)=N2)cc1. The van der Waals surface area contributed by atoms with Gasteiger partial charge in [0.2, 0.25) is 0 Å². The number of furan rings is 1. The monoisotopic (exact) mass is 653 g/mol. The quantitative estimate of drug-likeness (QED) is 0.201. The highest BCUT2D eigenvalue weighted by Gasteiger charge is 2.22. The molecule has 2 heterocycles. The molecule has 1 unspecified atom stereocenters. The molecule has 1 atom stereocenters. The van der Waals surface area contributed by atoms with E-state index < -0.39 is 0 Å². The molecule has 1 aliphatic rings. The van der Waals surface area contributed by atoms with Crippen molar-refractivity contribution >= 4 is 55.2 Å². The lowest BCUT2D eigenvalue weighted by Crippen LogP contribution is -2.33. The van der Waals surface area contributed by atoms with Crippen LogP contribution in [0.25, 0.3) is 65.7 Å². The summed E-state index contributed by atoms with van der Waals surface area (Å²) in [4.78, 5) is 10.0. The van der Waals surface area contributed by atoms with Crippen LogP contribution in [0.4, 0.5) is 0 Å². The second kappa shape index (κ2) is 12.0. The first-order valence-corrected chi connectivity index (χ1v) is 17.3. The van der Waals surface area contributed by atoms with Crippen molar-refractivity contribution in [1.82, 2.24) is 5.32 Å². The van der Waals surface area contributed by atoms with Crippen molar-refractivity contribution in [1.29, 1.82) is 0 Å². The van der Waals surface area contributed by atoms with Crippen LogP contribution >= 0.6 is 0 Å². The predicted octanol–water partition coefficient (Wildman–Crippen LogP) is 11.7. The summed E-state index contributed by atoms with van der Waals surface area (Å²) in [5.41, 5.74) is 9.50. The lowest BCUT2D eigenvalue weighted by atomic mass is 9.92. The van der Waals surface area contributed by atoms with E-state index >= 15 is 0 Å². The third-order valence-corrected chi connectivity index (χ3v) is 9.92. The molecule has 0 bridgehead atoms. The number of hydrogen-bond donors (Lipinski definition) is 1. The maximum absolute atomic E-state index is 6.67. The van der Waals surface area contributed by atoms with Gasteiger partial charge in [0, 0.05) is 27.3 Å². The second-order valence-electron chi connectivity index (χ2n) is 13.0. The summed E-state index contributed by atoms with van der Waals surface area (Å²) in [6.45, 7) is 0. The maximum atomic E-state index is 6.67. The Morgan fingerprint density at radius 3 is 1.96 bits per heavy atom. The van der Waals surface area contributed by atoms with Gasteiger partial charge in [-0.2, -0.15) is 0 Å². The van der Waals surface area contributed by atoms with Gasteiger partial charge in [-0.15, -0.1) is 0 Å². The topological polar surface area (TPSA) is 49.9 Å². The average Bonchev–Trinajstić information content (AvgIpc) is 3.60. The van der Waals surface area contributed by atoms with E-state index in [4.69, 9.17) is 14.4 Å². The molecule has 4 nitrogen and oxygen atoms in total. The molecule has 0 aliphatic carbocycles. The zero-order chi connectivity index (χ0) is 33.7. The zero-order valence-corrected chi connectivity index (χ0v) is 27.6. The Balaban J connectivity index is 1.09. The van der Waals surface area contributed by atoms with Crippen LogP contribution in [0.2, 0.25) is 0 Å². The molecule has 9 aromatic rings. The first-order chi connectivity index (χ1) is 25.3. The molecule has 240 valence electrons. The van der Waals surface area contributed by atoms with Gasteiger partial charge in [0.05, 0.1) is 0 Å². The minimum atomic E-state index is -0.289. The molecule has 0 spiro atoms. The fraction of sp³-hybridized carbons (Fsp3) is 0.0213. The molecule has 0 saturated carbocycles. The van der Waals surface area contributed by atoms with Crippen molar-refractivity contribution in [3.8, 4) is 22.3 Å². The standard InChI is InChI=1S/C47H31N3O/c1-3-13-32(14-4-1)45-48-46(33-15-5-2-6-16-33)50-47(49-45)34-25-23-31(24-26-34)37-20-11-21-42-43(37)41-29-40(38-18-9-10-19-39(38)44(41)51-42)36-27-22-30-12-7-8-17-35(30)28-36/h1-29,47H,(H,48,49,50). The largest absolute Gasteiger partial charge is 0.455 e. The first kappa shape index (κ1) is 29.2. The summed E-state index contributed by atoms with van der Waals surface area (Å²) in [6, 6.07) is 61.7. The fourth-order valence-corrected chi connectivity index (χ4v) is 7.41. The van der Waals surface area contributed by atoms with Crippen LogP contribution in [0.1, 0.15) is 22.9 Å². The zero-order valence-electron chi connectivity index (χ0n) is 27.6. The Morgan fingerprint density at radius 1 is 0.471 bits per heavy atom. The normalized spacial score (nSPS) is 14.5. The molecule has 1 aliphatic heterocycles. The smallest absolute Gasteiger partial charge is 0.159 e. The van der Waals surface area contributed by atoms with Gasteiger partial charge >= 0.3 is 0 Å². The van der Waals surface area contributed by atoms with Gasteiger partial charge in [-0.3, -0.25) is 0 Å². The van der Waals surface area contributed by atoms with Gasteiger partial charge in [-0.05, 0) is 62.2 Å². The average molecular weight is 654 g/mol. The van der Waals surface area contributed by atoms with Gasteiger partial charge in [0.1, 0.15) is 23.2 Å². The molecule has 51 heavy (non-hydrogen) atoms. The molecule has 10 rings (SSSR count). The van der Waals surface area contributed by atoms with E-state index in [0.717, 1.165) is 61.0 Å². The van der Waals surface area contributed by atoms with E-state index in [-0.39, 0.29) is 6.17 Å². The van der Waals surface area contributed by atoms with Crippen LogP contribution in [0.15, 0.2) is 190 Å². The Morgan fingerprint density at radius 2 is 1.16 bits per heavy atom. The van der Waals surface area contributed by atoms with Crippen LogP contribution in [0.5, 0.6) is 0 Å². The van der Waals surface area contributed by atoms with Gasteiger partial charge in [0.15, 0.2) is 5.84 Å². The second-order valence-corrected chi connectivity index (χ2v) is 13.0. The number of rotatable bonds is 5. The van der Waals surface area contributed by atoms with Crippen LogP contribution in [0, 0.1) is 0 Å². The number of nitrogens with one attached hydrogen (secondary N) is 1. The van der Waals surface area contributed by atoms with E-state index in [1.54, 1.807) is 0 Å². The number of hydrogen-bond acceptors (Lipinski definition) is 4. The van der Waals surface area contributed by atoms with Crippen LogP contribution in [-0.4, -0.2) is 11.7 Å². The van der Waals surface area contributed by atoms with Crippen molar-refractivity contribution < 1.29 is 4.42 Å². The summed E-state index contributed by atoms with van der Waals surface area (Å²) in [7, 11) is 0. The third kappa shape index (κ3) is 5.08. The Kier molecular flexibility index (Phi) is 6.85. The Labute approximate surface area is 295 Å². The molecule has 1 N–H and O–H groups in total. The van der Waals surface area contributed by atoms with Crippen molar-refractivity contribution in [2.24, 2.45) is 9.98 Å². The summed E-state index contributed by atoms with van der Waals surface area (Å²) in [6.07, 6.45) is -0.289. The molecule has 8 aromatic carbocycles. The molecule has 0 amide bonds. The molecular weight excluding hydrogens is 623 g/mol. The minimum absolute atomic E-state index is 0.289. The van der Waals surface area contributed by atoms with Crippen LogP contribution in [0.3, 0.4) is 0 Å². The number of aliphatic imine (C=N–C) groups is 2. The lowest BCUT2D eigenvalue weighted by molar-refractivity contribution is 0.672. The molecule has 0 radical (unpaired) electrons. The summed E-state index contributed by atoms with van der Waals surface area (Å²) in [5.74, 6) is 1.52.